The van der Waals surface area contributed by atoms with E-state index in [-0.39, 0.29) is 30.5 Å². The third kappa shape index (κ3) is 4.88. The molecule has 1 N–H and O–H groups in total. The monoisotopic (exact) mass is 366 g/mol. The van der Waals surface area contributed by atoms with Crippen molar-refractivity contribution in [3.63, 3.8) is 0 Å². The molecule has 1 heterocycles. The van der Waals surface area contributed by atoms with Gasteiger partial charge in [0.25, 0.3) is 5.91 Å². The van der Waals surface area contributed by atoms with Crippen LogP contribution in [0, 0.1) is 0 Å². The molecule has 0 unspecified atom stereocenters. The van der Waals surface area contributed by atoms with Crippen molar-refractivity contribution in [3.05, 3.63) is 65.7 Å². The van der Waals surface area contributed by atoms with Gasteiger partial charge < -0.3 is 15.0 Å². The van der Waals surface area contributed by atoms with Crippen LogP contribution < -0.4 is 10.1 Å². The Balaban J connectivity index is 1.56. The molecule has 2 amide bonds. The second-order valence-corrected chi connectivity index (χ2v) is 7.03. The standard InChI is InChI=1S/C22H26N2O3/c1-16(2)27-19-12-10-18(11-13-19)22(26)23-15-21(25)24-14-6-9-20(24)17-7-4-3-5-8-17/h3-5,7-8,10-13,16,20H,6,9,14-15H2,1-2H3,(H,23,26)/t20-/m0/s1. The number of nitrogens with one attached hydrogen (secondary N) is 1. The highest BCUT2D eigenvalue weighted by Gasteiger charge is 2.29. The molecule has 0 aliphatic carbocycles. The summed E-state index contributed by atoms with van der Waals surface area (Å²) in [5.41, 5.74) is 1.66. The van der Waals surface area contributed by atoms with Gasteiger partial charge in [0.05, 0.1) is 18.7 Å². The maximum atomic E-state index is 12.6. The van der Waals surface area contributed by atoms with E-state index in [1.54, 1.807) is 24.3 Å². The SMILES string of the molecule is CC(C)Oc1ccc(C(=O)NCC(=O)N2CCC[C@H]2c2ccccc2)cc1. The van der Waals surface area contributed by atoms with Crippen molar-refractivity contribution in [2.75, 3.05) is 13.1 Å². The lowest BCUT2D eigenvalue weighted by atomic mass is 10.0. The number of carbonyl (C=O) groups is 2. The van der Waals surface area contributed by atoms with Crippen molar-refractivity contribution < 1.29 is 14.3 Å². The molecule has 142 valence electrons. The van der Waals surface area contributed by atoms with Crippen LogP contribution in [0.1, 0.15) is 48.7 Å². The summed E-state index contributed by atoms with van der Waals surface area (Å²) in [4.78, 5) is 26.8. The maximum Gasteiger partial charge on any atom is 0.251 e. The summed E-state index contributed by atoms with van der Waals surface area (Å²) in [6.45, 7) is 4.64. The lowest BCUT2D eigenvalue weighted by molar-refractivity contribution is -0.131. The molecule has 1 aliphatic heterocycles. The number of benzene rings is 2. The Morgan fingerprint density at radius 2 is 1.81 bits per heavy atom. The molecule has 0 saturated carbocycles. The molecule has 27 heavy (non-hydrogen) atoms. The Kier molecular flexibility index (Phi) is 6.12. The van der Waals surface area contributed by atoms with Crippen LogP contribution >= 0.6 is 0 Å². The van der Waals surface area contributed by atoms with Crippen LogP contribution in [0.3, 0.4) is 0 Å². The second kappa shape index (κ2) is 8.71. The zero-order valence-corrected chi connectivity index (χ0v) is 15.9. The van der Waals surface area contributed by atoms with Crippen LogP contribution in [0.2, 0.25) is 0 Å². The zero-order chi connectivity index (χ0) is 19.2. The van der Waals surface area contributed by atoms with Crippen LogP contribution in [0.5, 0.6) is 5.75 Å². The lowest BCUT2D eigenvalue weighted by Gasteiger charge is -2.25. The summed E-state index contributed by atoms with van der Waals surface area (Å²) < 4.78 is 5.58. The van der Waals surface area contributed by atoms with E-state index >= 15 is 0 Å². The number of ether oxygens (including phenoxy) is 1. The summed E-state index contributed by atoms with van der Waals surface area (Å²) in [6, 6.07) is 17.1. The minimum Gasteiger partial charge on any atom is -0.491 e. The van der Waals surface area contributed by atoms with Crippen LogP contribution in [-0.4, -0.2) is 35.9 Å². The van der Waals surface area contributed by atoms with Gasteiger partial charge in [-0.15, -0.1) is 0 Å². The average molecular weight is 366 g/mol. The highest BCUT2D eigenvalue weighted by atomic mass is 16.5. The summed E-state index contributed by atoms with van der Waals surface area (Å²) in [6.07, 6.45) is 2.03. The van der Waals surface area contributed by atoms with Crippen molar-refractivity contribution in [3.8, 4) is 5.75 Å². The quantitative estimate of drug-likeness (QED) is 0.850. The van der Waals surface area contributed by atoms with Gasteiger partial charge in [-0.05, 0) is 56.5 Å². The van der Waals surface area contributed by atoms with Crippen molar-refractivity contribution in [2.24, 2.45) is 0 Å². The number of carbonyl (C=O) groups excluding carboxylic acids is 2. The van der Waals surface area contributed by atoms with Crippen LogP contribution in [0.25, 0.3) is 0 Å². The molecule has 0 bridgehead atoms. The number of likely N-dealkylation sites (tertiary alicyclic amines) is 1. The van der Waals surface area contributed by atoms with Crippen molar-refractivity contribution in [1.82, 2.24) is 10.2 Å². The highest BCUT2D eigenvalue weighted by Crippen LogP contribution is 2.31. The van der Waals surface area contributed by atoms with E-state index in [1.807, 2.05) is 36.9 Å². The largest absolute Gasteiger partial charge is 0.491 e. The van der Waals surface area contributed by atoms with Crippen molar-refractivity contribution >= 4 is 11.8 Å². The number of rotatable bonds is 6. The first-order chi connectivity index (χ1) is 13.0. The van der Waals surface area contributed by atoms with Gasteiger partial charge in [-0.1, -0.05) is 30.3 Å². The van der Waals surface area contributed by atoms with Gasteiger partial charge in [-0.3, -0.25) is 9.59 Å². The normalized spacial score (nSPS) is 16.4. The second-order valence-electron chi connectivity index (χ2n) is 7.03. The molecule has 1 saturated heterocycles. The van der Waals surface area contributed by atoms with E-state index in [1.165, 1.54) is 0 Å². The maximum absolute atomic E-state index is 12.6. The van der Waals surface area contributed by atoms with Crippen LogP contribution in [-0.2, 0) is 4.79 Å². The molecule has 1 fully saturated rings. The molecule has 2 aromatic carbocycles. The Morgan fingerprint density at radius 3 is 2.48 bits per heavy atom. The summed E-state index contributed by atoms with van der Waals surface area (Å²) in [5, 5.41) is 2.74. The third-order valence-corrected chi connectivity index (χ3v) is 4.65. The number of nitrogens with zero attached hydrogens (tertiary/aromatic N) is 1. The average Bonchev–Trinajstić information content (AvgIpc) is 3.16. The number of amides is 2. The van der Waals surface area contributed by atoms with Gasteiger partial charge in [-0.25, -0.2) is 0 Å². The van der Waals surface area contributed by atoms with E-state index in [2.05, 4.69) is 17.4 Å². The topological polar surface area (TPSA) is 58.6 Å². The van der Waals surface area contributed by atoms with Gasteiger partial charge in [0.2, 0.25) is 5.91 Å². The van der Waals surface area contributed by atoms with Gasteiger partial charge >= 0.3 is 0 Å². The minimum absolute atomic E-state index is 0.00636. The van der Waals surface area contributed by atoms with E-state index in [4.69, 9.17) is 4.74 Å². The molecule has 3 rings (SSSR count). The molecule has 5 nitrogen and oxygen atoms in total. The van der Waals surface area contributed by atoms with E-state index < -0.39 is 0 Å². The molecule has 1 aliphatic rings. The summed E-state index contributed by atoms with van der Waals surface area (Å²) in [5.74, 6) is 0.421. The Bertz CT molecular complexity index is 772. The van der Waals surface area contributed by atoms with Gasteiger partial charge in [-0.2, -0.15) is 0 Å². The molecule has 0 radical (unpaired) electrons. The van der Waals surface area contributed by atoms with Gasteiger partial charge in [0.1, 0.15) is 5.75 Å². The van der Waals surface area contributed by atoms with Crippen LogP contribution in [0.15, 0.2) is 54.6 Å². The molecular weight excluding hydrogens is 340 g/mol. The Hall–Kier alpha value is -2.82. The van der Waals surface area contributed by atoms with Crippen molar-refractivity contribution in [2.45, 2.75) is 38.8 Å². The summed E-state index contributed by atoms with van der Waals surface area (Å²) in [7, 11) is 0. The smallest absolute Gasteiger partial charge is 0.251 e. The minimum atomic E-state index is -0.255. The predicted molar refractivity (Wildman–Crippen MR) is 105 cm³/mol. The molecule has 0 spiro atoms. The zero-order valence-electron chi connectivity index (χ0n) is 15.9. The fourth-order valence-electron chi connectivity index (χ4n) is 3.40. The fourth-order valence-corrected chi connectivity index (χ4v) is 3.40. The van der Waals surface area contributed by atoms with E-state index in [0.717, 1.165) is 30.7 Å². The Morgan fingerprint density at radius 1 is 1.11 bits per heavy atom. The Labute approximate surface area is 160 Å². The lowest BCUT2D eigenvalue weighted by Crippen LogP contribution is -2.39. The predicted octanol–water partition coefficient (Wildman–Crippen LogP) is 3.57. The van der Waals surface area contributed by atoms with E-state index in [9.17, 15) is 9.59 Å². The number of hydrogen-bond donors (Lipinski definition) is 1. The molecular formula is C22H26N2O3. The first kappa shape index (κ1) is 19.0. The third-order valence-electron chi connectivity index (χ3n) is 4.65. The van der Waals surface area contributed by atoms with Gasteiger partial charge in [0.15, 0.2) is 0 Å². The molecule has 2 aromatic rings. The van der Waals surface area contributed by atoms with Gasteiger partial charge in [0, 0.05) is 12.1 Å². The van der Waals surface area contributed by atoms with Crippen molar-refractivity contribution in [1.29, 1.82) is 0 Å². The number of hydrogen-bond acceptors (Lipinski definition) is 3. The first-order valence-corrected chi connectivity index (χ1v) is 9.44. The summed E-state index contributed by atoms with van der Waals surface area (Å²) >= 11 is 0. The molecule has 0 aromatic heterocycles. The van der Waals surface area contributed by atoms with Crippen LogP contribution in [0.4, 0.5) is 0 Å². The first-order valence-electron chi connectivity index (χ1n) is 9.44. The fraction of sp³-hybridized carbons (Fsp3) is 0.364. The molecule has 1 atom stereocenters. The van der Waals surface area contributed by atoms with E-state index in [0.29, 0.717) is 5.56 Å². The molecule has 5 heteroatoms. The highest BCUT2D eigenvalue weighted by molar-refractivity contribution is 5.96.